The maximum absolute atomic E-state index is 13.0. The number of amides is 2. The van der Waals surface area contributed by atoms with Gasteiger partial charge in [-0.3, -0.25) is 19.1 Å². The topological polar surface area (TPSA) is 98.3 Å². The fourth-order valence-corrected chi connectivity index (χ4v) is 4.65. The molecule has 5 aromatic rings. The van der Waals surface area contributed by atoms with E-state index in [2.05, 4.69) is 15.1 Å². The molecule has 2 amide bonds. The molecule has 168 valence electrons. The third-order valence-corrected chi connectivity index (χ3v) is 6.57. The van der Waals surface area contributed by atoms with Crippen molar-refractivity contribution in [3.63, 3.8) is 0 Å². The summed E-state index contributed by atoms with van der Waals surface area (Å²) in [5, 5.41) is 5.44. The average Bonchev–Trinajstić information content (AvgIpc) is 3.45. The highest BCUT2D eigenvalue weighted by molar-refractivity contribution is 6.21. The zero-order chi connectivity index (χ0) is 23.7. The molecule has 4 aromatic heterocycles. The Kier molecular flexibility index (Phi) is 4.19. The van der Waals surface area contributed by atoms with E-state index in [0.29, 0.717) is 22.6 Å². The molecular weight excluding hydrogens is 430 g/mol. The highest BCUT2D eigenvalue weighted by atomic mass is 16.2. The monoisotopic (exact) mass is 451 g/mol. The maximum Gasteiger partial charge on any atom is 0.262 e. The Morgan fingerprint density at radius 3 is 2.29 bits per heavy atom. The summed E-state index contributed by atoms with van der Waals surface area (Å²) in [6.45, 7) is 7.83. The SMILES string of the molecule is Cc1ccnc(-n2c(C)c(C)c3c2ncn2nc([C@H](C)N4C(=O)c5ccccc5C4=O)nc32)c1. The van der Waals surface area contributed by atoms with E-state index < -0.39 is 6.04 Å². The molecule has 0 saturated carbocycles. The number of carbonyl (C=O) groups excluding carboxylic acids is 2. The first-order valence-electron chi connectivity index (χ1n) is 11.0. The van der Waals surface area contributed by atoms with Gasteiger partial charge in [-0.2, -0.15) is 0 Å². The number of carbonyl (C=O) groups is 2. The van der Waals surface area contributed by atoms with Crippen molar-refractivity contribution in [1.82, 2.24) is 34.0 Å². The summed E-state index contributed by atoms with van der Waals surface area (Å²) in [6.07, 6.45) is 3.39. The molecule has 0 N–H and O–H groups in total. The van der Waals surface area contributed by atoms with Crippen molar-refractivity contribution in [2.75, 3.05) is 0 Å². The van der Waals surface area contributed by atoms with Gasteiger partial charge in [0.05, 0.1) is 22.6 Å². The second-order valence-corrected chi connectivity index (χ2v) is 8.62. The second-order valence-electron chi connectivity index (χ2n) is 8.62. The molecule has 6 rings (SSSR count). The van der Waals surface area contributed by atoms with Gasteiger partial charge in [-0.15, -0.1) is 5.10 Å². The van der Waals surface area contributed by atoms with Crippen molar-refractivity contribution in [3.05, 3.63) is 82.7 Å². The van der Waals surface area contributed by atoms with Crippen LogP contribution < -0.4 is 0 Å². The summed E-state index contributed by atoms with van der Waals surface area (Å²) in [5.74, 6) is 0.492. The first-order valence-corrected chi connectivity index (χ1v) is 11.0. The van der Waals surface area contributed by atoms with Crippen LogP contribution in [0.5, 0.6) is 0 Å². The van der Waals surface area contributed by atoms with E-state index in [9.17, 15) is 9.59 Å². The first-order chi connectivity index (χ1) is 16.4. The summed E-state index contributed by atoms with van der Waals surface area (Å²) < 4.78 is 3.62. The van der Waals surface area contributed by atoms with Gasteiger partial charge in [0, 0.05) is 11.9 Å². The van der Waals surface area contributed by atoms with Crippen LogP contribution in [0.4, 0.5) is 0 Å². The minimum Gasteiger partial charge on any atom is -0.282 e. The van der Waals surface area contributed by atoms with Gasteiger partial charge in [0.2, 0.25) is 0 Å². The molecule has 9 nitrogen and oxygen atoms in total. The molecule has 0 aliphatic carbocycles. The number of aromatic nitrogens is 6. The van der Waals surface area contributed by atoms with Crippen LogP contribution in [0.25, 0.3) is 22.5 Å². The summed E-state index contributed by atoms with van der Waals surface area (Å²) in [5.41, 5.74) is 5.28. The molecule has 0 fully saturated rings. The van der Waals surface area contributed by atoms with Crippen molar-refractivity contribution in [1.29, 1.82) is 0 Å². The lowest BCUT2D eigenvalue weighted by Gasteiger charge is -2.19. The lowest BCUT2D eigenvalue weighted by atomic mass is 10.1. The van der Waals surface area contributed by atoms with Crippen LogP contribution in [0.2, 0.25) is 0 Å². The minimum absolute atomic E-state index is 0.334. The smallest absolute Gasteiger partial charge is 0.262 e. The predicted octanol–water partition coefficient (Wildman–Crippen LogP) is 3.75. The van der Waals surface area contributed by atoms with E-state index in [1.54, 1.807) is 48.2 Å². The summed E-state index contributed by atoms with van der Waals surface area (Å²) in [7, 11) is 0. The third kappa shape index (κ3) is 2.67. The number of hydrogen-bond acceptors (Lipinski definition) is 6. The van der Waals surface area contributed by atoms with Crippen molar-refractivity contribution < 1.29 is 9.59 Å². The molecule has 1 aliphatic heterocycles. The molecule has 0 radical (unpaired) electrons. The number of hydrogen-bond donors (Lipinski definition) is 0. The van der Waals surface area contributed by atoms with Crippen LogP contribution in [0.3, 0.4) is 0 Å². The van der Waals surface area contributed by atoms with Gasteiger partial charge < -0.3 is 0 Å². The lowest BCUT2D eigenvalue weighted by molar-refractivity contribution is 0.0589. The molecule has 1 atom stereocenters. The number of aryl methyl sites for hydroxylation is 2. The fraction of sp³-hybridized carbons (Fsp3) is 0.200. The Balaban J connectivity index is 1.49. The van der Waals surface area contributed by atoms with E-state index in [-0.39, 0.29) is 11.8 Å². The molecule has 0 unspecified atom stereocenters. The molecule has 1 aromatic carbocycles. The molecule has 0 saturated heterocycles. The maximum atomic E-state index is 13.0. The van der Waals surface area contributed by atoms with Crippen molar-refractivity contribution >= 4 is 28.5 Å². The average molecular weight is 451 g/mol. The largest absolute Gasteiger partial charge is 0.282 e. The number of fused-ring (bicyclic) bond motifs is 4. The molecule has 0 bridgehead atoms. The quantitative estimate of drug-likeness (QED) is 0.388. The van der Waals surface area contributed by atoms with E-state index in [1.807, 2.05) is 37.5 Å². The molecule has 0 spiro atoms. The number of rotatable bonds is 3. The van der Waals surface area contributed by atoms with Crippen LogP contribution in [0.1, 0.15) is 56.3 Å². The first kappa shape index (κ1) is 20.2. The van der Waals surface area contributed by atoms with Gasteiger partial charge in [-0.1, -0.05) is 12.1 Å². The van der Waals surface area contributed by atoms with Crippen LogP contribution in [-0.2, 0) is 0 Å². The Hall–Kier alpha value is -4.40. The fourth-order valence-electron chi connectivity index (χ4n) is 4.65. The van der Waals surface area contributed by atoms with Crippen molar-refractivity contribution in [2.45, 2.75) is 33.7 Å². The minimum atomic E-state index is -0.635. The lowest BCUT2D eigenvalue weighted by Crippen LogP contribution is -2.33. The molecule has 34 heavy (non-hydrogen) atoms. The Bertz CT molecular complexity index is 1630. The standard InChI is InChI=1S/C25H21N7O2/c1-13-9-10-26-19(11-13)31-15(3)14(2)20-22(31)27-12-30-23(20)28-21(29-30)16(4)32-24(33)17-7-5-6-8-18(17)25(32)34/h5-12,16H,1-4H3/t16-/m0/s1. The van der Waals surface area contributed by atoms with Gasteiger partial charge in [0.1, 0.15) is 12.1 Å². The van der Waals surface area contributed by atoms with Crippen molar-refractivity contribution in [3.8, 4) is 5.82 Å². The van der Waals surface area contributed by atoms with Gasteiger partial charge in [-0.25, -0.2) is 19.5 Å². The molecule has 1 aliphatic rings. The van der Waals surface area contributed by atoms with Crippen LogP contribution >= 0.6 is 0 Å². The second kappa shape index (κ2) is 7.05. The third-order valence-electron chi connectivity index (χ3n) is 6.57. The van der Waals surface area contributed by atoms with Gasteiger partial charge >= 0.3 is 0 Å². The van der Waals surface area contributed by atoms with Crippen molar-refractivity contribution in [2.24, 2.45) is 0 Å². The van der Waals surface area contributed by atoms with Gasteiger partial charge in [0.15, 0.2) is 17.1 Å². The number of benzene rings is 1. The number of pyridine rings is 1. The van der Waals surface area contributed by atoms with E-state index in [4.69, 9.17) is 4.98 Å². The summed E-state index contributed by atoms with van der Waals surface area (Å²) in [4.78, 5) is 41.1. The number of imide groups is 1. The Morgan fingerprint density at radius 2 is 1.62 bits per heavy atom. The van der Waals surface area contributed by atoms with Gasteiger partial charge in [0.25, 0.3) is 11.8 Å². The van der Waals surface area contributed by atoms with E-state index >= 15 is 0 Å². The van der Waals surface area contributed by atoms with Gasteiger partial charge in [-0.05, 0) is 63.1 Å². The Morgan fingerprint density at radius 1 is 0.912 bits per heavy atom. The molecular formula is C25H21N7O2. The summed E-state index contributed by atoms with van der Waals surface area (Å²) >= 11 is 0. The van der Waals surface area contributed by atoms with Crippen LogP contribution in [0, 0.1) is 20.8 Å². The van der Waals surface area contributed by atoms with Crippen LogP contribution in [-0.4, -0.2) is 45.8 Å². The van der Waals surface area contributed by atoms with Crippen LogP contribution in [0.15, 0.2) is 48.9 Å². The zero-order valence-electron chi connectivity index (χ0n) is 19.1. The van der Waals surface area contributed by atoms with E-state index in [0.717, 1.165) is 33.7 Å². The summed E-state index contributed by atoms with van der Waals surface area (Å²) in [6, 6.07) is 10.2. The predicted molar refractivity (Wildman–Crippen MR) is 125 cm³/mol. The van der Waals surface area contributed by atoms with E-state index in [1.165, 1.54) is 4.90 Å². The normalized spacial score (nSPS) is 14.4. The molecule has 9 heteroatoms. The Labute approximate surface area is 194 Å². The number of nitrogens with zero attached hydrogens (tertiary/aromatic N) is 7. The highest BCUT2D eigenvalue weighted by Gasteiger charge is 2.40. The highest BCUT2D eigenvalue weighted by Crippen LogP contribution is 2.32. The molecule has 5 heterocycles. The zero-order valence-corrected chi connectivity index (χ0v) is 19.1.